The normalized spacial score (nSPS) is 20.7. The number of aromatic nitrogens is 2. The lowest BCUT2D eigenvalue weighted by molar-refractivity contribution is 0.217. The molecular weight excluding hydrogens is 322 g/mol. The van der Waals surface area contributed by atoms with Crippen LogP contribution in [0.25, 0.3) is 16.5 Å². The first-order chi connectivity index (χ1) is 12.6. The Bertz CT molecular complexity index is 968. The zero-order valence-corrected chi connectivity index (χ0v) is 15.4. The van der Waals surface area contributed by atoms with Gasteiger partial charge in [0.05, 0.1) is 5.69 Å². The Morgan fingerprint density at radius 1 is 1.00 bits per heavy atom. The molecule has 4 nitrogen and oxygen atoms in total. The van der Waals surface area contributed by atoms with Crippen molar-refractivity contribution in [3.8, 4) is 5.69 Å². The minimum Gasteiger partial charge on any atom is -0.298 e. The molecule has 2 aromatic carbocycles. The highest BCUT2D eigenvalue weighted by molar-refractivity contribution is 5.85. The van der Waals surface area contributed by atoms with Gasteiger partial charge >= 0.3 is 0 Å². The van der Waals surface area contributed by atoms with Crippen molar-refractivity contribution in [2.75, 3.05) is 6.54 Å². The fourth-order valence-corrected chi connectivity index (χ4v) is 4.07. The van der Waals surface area contributed by atoms with Gasteiger partial charge < -0.3 is 0 Å². The second-order valence-corrected chi connectivity index (χ2v) is 7.40. The molecule has 0 radical (unpaired) electrons. The van der Waals surface area contributed by atoms with Crippen LogP contribution in [-0.2, 0) is 6.42 Å². The Labute approximate surface area is 154 Å². The molecule has 0 N–H and O–H groups in total. The van der Waals surface area contributed by atoms with Gasteiger partial charge in [0.15, 0.2) is 0 Å². The van der Waals surface area contributed by atoms with Gasteiger partial charge in [-0.2, -0.15) is 9.78 Å². The third kappa shape index (κ3) is 3.29. The third-order valence-electron chi connectivity index (χ3n) is 5.64. The van der Waals surface area contributed by atoms with E-state index in [-0.39, 0.29) is 5.56 Å². The quantitative estimate of drug-likeness (QED) is 0.720. The van der Waals surface area contributed by atoms with Gasteiger partial charge in [-0.25, -0.2) is 0 Å². The molecule has 3 aromatic rings. The first kappa shape index (κ1) is 17.0. The van der Waals surface area contributed by atoms with Crippen LogP contribution in [0.4, 0.5) is 0 Å². The van der Waals surface area contributed by atoms with Crippen molar-refractivity contribution in [1.82, 2.24) is 14.7 Å². The van der Waals surface area contributed by atoms with Gasteiger partial charge in [-0.05, 0) is 67.6 Å². The molecule has 0 bridgehead atoms. The Balaban J connectivity index is 1.56. The van der Waals surface area contributed by atoms with Crippen molar-refractivity contribution in [3.05, 3.63) is 70.6 Å². The van der Waals surface area contributed by atoms with Crippen molar-refractivity contribution in [1.29, 1.82) is 0 Å². The number of fused-ring (bicyclic) bond motifs is 1. The van der Waals surface area contributed by atoms with E-state index in [1.807, 2.05) is 12.1 Å². The molecule has 0 unspecified atom stereocenters. The van der Waals surface area contributed by atoms with Gasteiger partial charge in [0.25, 0.3) is 5.56 Å². The monoisotopic (exact) mass is 347 g/mol. The molecule has 1 aliphatic heterocycles. The van der Waals surface area contributed by atoms with Crippen LogP contribution < -0.4 is 5.56 Å². The smallest absolute Gasteiger partial charge is 0.271 e. The standard InChI is InChI=1S/C22H25N3O/c1-16-5-6-17(2)24(16)13-11-18-7-8-20-15-21(10-9-19(20)14-18)25-22(26)4-3-12-23-25/h3-4,7-10,12,14-17H,5-6,11,13H2,1-2H3/t16-,17-/m1/s1. The summed E-state index contributed by atoms with van der Waals surface area (Å²) in [4.78, 5) is 14.6. The third-order valence-corrected chi connectivity index (χ3v) is 5.64. The van der Waals surface area contributed by atoms with Crippen molar-refractivity contribution in [2.24, 2.45) is 0 Å². The van der Waals surface area contributed by atoms with E-state index in [0.29, 0.717) is 12.1 Å². The van der Waals surface area contributed by atoms with Crippen molar-refractivity contribution < 1.29 is 0 Å². The molecule has 4 rings (SSSR count). The molecule has 1 aromatic heterocycles. The number of hydrogen-bond acceptors (Lipinski definition) is 3. The van der Waals surface area contributed by atoms with Crippen LogP contribution in [-0.4, -0.2) is 33.3 Å². The Hall–Kier alpha value is -2.46. The summed E-state index contributed by atoms with van der Waals surface area (Å²) in [5, 5.41) is 6.50. The van der Waals surface area contributed by atoms with E-state index in [0.717, 1.165) is 24.0 Å². The molecule has 1 aliphatic rings. The maximum atomic E-state index is 12.0. The maximum Gasteiger partial charge on any atom is 0.271 e. The van der Waals surface area contributed by atoms with Gasteiger partial charge in [-0.1, -0.05) is 24.3 Å². The van der Waals surface area contributed by atoms with Crippen LogP contribution in [0.2, 0.25) is 0 Å². The molecule has 0 amide bonds. The van der Waals surface area contributed by atoms with Crippen LogP contribution >= 0.6 is 0 Å². The fraction of sp³-hybridized carbons (Fsp3) is 0.364. The van der Waals surface area contributed by atoms with Crippen molar-refractivity contribution in [2.45, 2.75) is 45.2 Å². The molecule has 1 saturated heterocycles. The molecule has 26 heavy (non-hydrogen) atoms. The summed E-state index contributed by atoms with van der Waals surface area (Å²) in [6.45, 7) is 5.80. The lowest BCUT2D eigenvalue weighted by Crippen LogP contribution is -2.34. The summed E-state index contributed by atoms with van der Waals surface area (Å²) in [6, 6.07) is 17.3. The Morgan fingerprint density at radius 2 is 1.73 bits per heavy atom. The van der Waals surface area contributed by atoms with E-state index >= 15 is 0 Å². The lowest BCUT2D eigenvalue weighted by Gasteiger charge is -2.25. The van der Waals surface area contributed by atoms with E-state index < -0.39 is 0 Å². The minimum absolute atomic E-state index is 0.114. The van der Waals surface area contributed by atoms with Gasteiger partial charge in [-0.3, -0.25) is 9.69 Å². The van der Waals surface area contributed by atoms with Crippen LogP contribution in [0.15, 0.2) is 59.5 Å². The highest BCUT2D eigenvalue weighted by Crippen LogP contribution is 2.24. The summed E-state index contributed by atoms with van der Waals surface area (Å²) in [5.74, 6) is 0. The Morgan fingerprint density at radius 3 is 2.50 bits per heavy atom. The lowest BCUT2D eigenvalue weighted by atomic mass is 10.0. The molecular formula is C22H25N3O. The minimum atomic E-state index is -0.114. The topological polar surface area (TPSA) is 38.1 Å². The van der Waals surface area contributed by atoms with Gasteiger partial charge in [-0.15, -0.1) is 0 Å². The molecule has 4 heteroatoms. The zero-order valence-electron chi connectivity index (χ0n) is 15.4. The number of hydrogen-bond donors (Lipinski definition) is 0. The zero-order chi connectivity index (χ0) is 18.1. The van der Waals surface area contributed by atoms with Crippen molar-refractivity contribution in [3.63, 3.8) is 0 Å². The van der Waals surface area contributed by atoms with Crippen molar-refractivity contribution >= 4 is 10.8 Å². The Kier molecular flexibility index (Phi) is 4.60. The van der Waals surface area contributed by atoms with E-state index in [1.54, 1.807) is 12.3 Å². The highest BCUT2D eigenvalue weighted by atomic mass is 16.1. The molecule has 1 fully saturated rings. The molecule has 2 heterocycles. The molecule has 134 valence electrons. The van der Waals surface area contributed by atoms with Crippen LogP contribution in [0, 0.1) is 0 Å². The van der Waals surface area contributed by atoms with E-state index in [9.17, 15) is 4.79 Å². The first-order valence-electron chi connectivity index (χ1n) is 9.45. The number of benzene rings is 2. The van der Waals surface area contributed by atoms with Gasteiger partial charge in [0.2, 0.25) is 0 Å². The molecule has 0 saturated carbocycles. The second-order valence-electron chi connectivity index (χ2n) is 7.40. The van der Waals surface area contributed by atoms with Gasteiger partial charge in [0.1, 0.15) is 0 Å². The van der Waals surface area contributed by atoms with E-state index in [2.05, 4.69) is 48.1 Å². The average Bonchev–Trinajstić information content (AvgIpc) is 2.98. The summed E-state index contributed by atoms with van der Waals surface area (Å²) in [5.41, 5.74) is 2.06. The highest BCUT2D eigenvalue weighted by Gasteiger charge is 2.26. The fourth-order valence-electron chi connectivity index (χ4n) is 4.07. The SMILES string of the molecule is C[C@@H]1CC[C@@H](C)N1CCc1ccc2cc(-n3ncccc3=O)ccc2c1. The number of likely N-dealkylation sites (tertiary alicyclic amines) is 1. The average molecular weight is 347 g/mol. The molecule has 0 spiro atoms. The van der Waals surface area contributed by atoms with Crippen LogP contribution in [0.1, 0.15) is 32.3 Å². The molecule has 2 atom stereocenters. The van der Waals surface area contributed by atoms with Crippen LogP contribution in [0.5, 0.6) is 0 Å². The second kappa shape index (κ2) is 7.04. The van der Waals surface area contributed by atoms with Gasteiger partial charge in [0, 0.05) is 30.9 Å². The largest absolute Gasteiger partial charge is 0.298 e. The summed E-state index contributed by atoms with van der Waals surface area (Å²) < 4.78 is 1.43. The first-order valence-corrected chi connectivity index (χ1v) is 9.45. The summed E-state index contributed by atoms with van der Waals surface area (Å²) >= 11 is 0. The van der Waals surface area contributed by atoms with E-state index in [4.69, 9.17) is 0 Å². The van der Waals surface area contributed by atoms with E-state index in [1.165, 1.54) is 34.5 Å². The number of nitrogens with zero attached hydrogens (tertiary/aromatic N) is 3. The summed E-state index contributed by atoms with van der Waals surface area (Å²) in [7, 11) is 0. The predicted molar refractivity (Wildman–Crippen MR) is 106 cm³/mol. The molecule has 0 aliphatic carbocycles. The summed E-state index contributed by atoms with van der Waals surface area (Å²) in [6.07, 6.45) is 5.34. The number of rotatable bonds is 4. The maximum absolute atomic E-state index is 12.0. The van der Waals surface area contributed by atoms with Crippen LogP contribution in [0.3, 0.4) is 0 Å². The predicted octanol–water partition coefficient (Wildman–Crippen LogP) is 3.80.